The van der Waals surface area contributed by atoms with Gasteiger partial charge in [-0.25, -0.2) is 4.98 Å². The van der Waals surface area contributed by atoms with Crippen LogP contribution in [0.3, 0.4) is 0 Å². The lowest BCUT2D eigenvalue weighted by Gasteiger charge is -2.05. The van der Waals surface area contributed by atoms with Crippen molar-refractivity contribution < 1.29 is 4.42 Å². The summed E-state index contributed by atoms with van der Waals surface area (Å²) in [6.45, 7) is 1.94. The van der Waals surface area contributed by atoms with Gasteiger partial charge in [0, 0.05) is 5.25 Å². The first-order chi connectivity index (χ1) is 6.34. The molecule has 0 aliphatic heterocycles. The van der Waals surface area contributed by atoms with Crippen LogP contribution in [0.15, 0.2) is 10.6 Å². The molecule has 0 amide bonds. The fourth-order valence-corrected chi connectivity index (χ4v) is 2.89. The van der Waals surface area contributed by atoms with Crippen LogP contribution in [0, 0.1) is 6.92 Å². The molecule has 2 rings (SSSR count). The Labute approximate surface area is 83.1 Å². The standard InChI is InChI=1S/C10H15NOS/c1-8-6-11-10(12-8)7-13-9-4-2-3-5-9/h6,9H,2-5,7H2,1H3. The molecule has 0 saturated heterocycles. The van der Waals surface area contributed by atoms with E-state index in [9.17, 15) is 0 Å². The molecule has 72 valence electrons. The summed E-state index contributed by atoms with van der Waals surface area (Å²) in [5, 5.41) is 0.854. The summed E-state index contributed by atoms with van der Waals surface area (Å²) in [6, 6.07) is 0. The molecule has 1 heterocycles. The maximum atomic E-state index is 5.41. The van der Waals surface area contributed by atoms with Crippen LogP contribution in [-0.4, -0.2) is 10.2 Å². The number of thioether (sulfide) groups is 1. The Morgan fingerprint density at radius 3 is 2.92 bits per heavy atom. The van der Waals surface area contributed by atoms with Gasteiger partial charge in [-0.05, 0) is 19.8 Å². The Morgan fingerprint density at radius 1 is 1.54 bits per heavy atom. The summed E-state index contributed by atoms with van der Waals surface area (Å²) >= 11 is 1.99. The number of hydrogen-bond donors (Lipinski definition) is 0. The quantitative estimate of drug-likeness (QED) is 0.744. The lowest BCUT2D eigenvalue weighted by Crippen LogP contribution is -1.94. The van der Waals surface area contributed by atoms with Gasteiger partial charge in [-0.2, -0.15) is 0 Å². The molecule has 1 aromatic heterocycles. The van der Waals surface area contributed by atoms with Gasteiger partial charge in [0.15, 0.2) is 0 Å². The van der Waals surface area contributed by atoms with E-state index in [0.717, 1.165) is 22.7 Å². The Kier molecular flexibility index (Phi) is 2.94. The highest BCUT2D eigenvalue weighted by Crippen LogP contribution is 2.31. The first kappa shape index (κ1) is 9.13. The van der Waals surface area contributed by atoms with Gasteiger partial charge in [0.2, 0.25) is 5.89 Å². The van der Waals surface area contributed by atoms with Crippen LogP contribution in [0.1, 0.15) is 37.3 Å². The predicted octanol–water partition coefficient (Wildman–Crippen LogP) is 3.16. The van der Waals surface area contributed by atoms with Gasteiger partial charge in [0.1, 0.15) is 5.76 Å². The maximum absolute atomic E-state index is 5.41. The lowest BCUT2D eigenvalue weighted by atomic mass is 10.4. The van der Waals surface area contributed by atoms with Crippen molar-refractivity contribution in [1.29, 1.82) is 0 Å². The van der Waals surface area contributed by atoms with E-state index in [-0.39, 0.29) is 0 Å². The van der Waals surface area contributed by atoms with Gasteiger partial charge >= 0.3 is 0 Å². The fourth-order valence-electron chi connectivity index (χ4n) is 1.71. The summed E-state index contributed by atoms with van der Waals surface area (Å²) in [5.74, 6) is 2.75. The van der Waals surface area contributed by atoms with E-state index in [4.69, 9.17) is 4.42 Å². The van der Waals surface area contributed by atoms with Crippen molar-refractivity contribution in [2.24, 2.45) is 0 Å². The van der Waals surface area contributed by atoms with Crippen molar-refractivity contribution in [2.45, 2.75) is 43.6 Å². The number of rotatable bonds is 3. The van der Waals surface area contributed by atoms with Crippen LogP contribution in [0.25, 0.3) is 0 Å². The van der Waals surface area contributed by atoms with E-state index >= 15 is 0 Å². The fraction of sp³-hybridized carbons (Fsp3) is 0.700. The predicted molar refractivity (Wildman–Crippen MR) is 54.8 cm³/mol. The highest BCUT2D eigenvalue weighted by molar-refractivity contribution is 7.99. The van der Waals surface area contributed by atoms with Crippen molar-refractivity contribution in [3.63, 3.8) is 0 Å². The van der Waals surface area contributed by atoms with E-state index in [1.54, 1.807) is 6.20 Å². The zero-order valence-corrected chi connectivity index (χ0v) is 8.77. The van der Waals surface area contributed by atoms with Gasteiger partial charge in [-0.15, -0.1) is 11.8 Å². The van der Waals surface area contributed by atoms with E-state index < -0.39 is 0 Å². The van der Waals surface area contributed by atoms with Crippen LogP contribution >= 0.6 is 11.8 Å². The van der Waals surface area contributed by atoms with Crippen LogP contribution in [0.2, 0.25) is 0 Å². The van der Waals surface area contributed by atoms with Gasteiger partial charge in [-0.1, -0.05) is 12.8 Å². The number of nitrogens with zero attached hydrogens (tertiary/aromatic N) is 1. The van der Waals surface area contributed by atoms with E-state index in [0.29, 0.717) is 0 Å². The molecule has 1 aliphatic rings. The minimum Gasteiger partial charge on any atom is -0.445 e. The topological polar surface area (TPSA) is 26.0 Å². The zero-order chi connectivity index (χ0) is 9.10. The van der Waals surface area contributed by atoms with Crippen LogP contribution in [-0.2, 0) is 5.75 Å². The molecule has 0 radical (unpaired) electrons. The minimum absolute atomic E-state index is 0.854. The molecule has 0 spiro atoms. The largest absolute Gasteiger partial charge is 0.445 e. The van der Waals surface area contributed by atoms with Crippen LogP contribution in [0.5, 0.6) is 0 Å². The molecule has 0 atom stereocenters. The average molecular weight is 197 g/mol. The Morgan fingerprint density at radius 2 is 2.31 bits per heavy atom. The van der Waals surface area contributed by atoms with Crippen molar-refractivity contribution >= 4 is 11.8 Å². The summed E-state index contributed by atoms with van der Waals surface area (Å²) in [4.78, 5) is 4.19. The molecule has 1 saturated carbocycles. The average Bonchev–Trinajstić information content (AvgIpc) is 2.71. The molecule has 0 N–H and O–H groups in total. The second kappa shape index (κ2) is 4.18. The van der Waals surface area contributed by atoms with Crippen molar-refractivity contribution in [3.05, 3.63) is 17.8 Å². The zero-order valence-electron chi connectivity index (χ0n) is 7.95. The summed E-state index contributed by atoms with van der Waals surface area (Å²) in [5.41, 5.74) is 0. The SMILES string of the molecule is Cc1cnc(CSC2CCCC2)o1. The highest BCUT2D eigenvalue weighted by atomic mass is 32.2. The Balaban J connectivity index is 1.78. The second-order valence-corrected chi connectivity index (χ2v) is 4.87. The molecular formula is C10H15NOS. The second-order valence-electron chi connectivity index (χ2n) is 3.58. The first-order valence-electron chi connectivity index (χ1n) is 4.87. The summed E-state index contributed by atoms with van der Waals surface area (Å²) in [7, 11) is 0. The van der Waals surface area contributed by atoms with Crippen molar-refractivity contribution in [3.8, 4) is 0 Å². The molecular weight excluding hydrogens is 182 g/mol. The van der Waals surface area contributed by atoms with Gasteiger partial charge in [0.05, 0.1) is 11.9 Å². The molecule has 13 heavy (non-hydrogen) atoms. The van der Waals surface area contributed by atoms with Crippen molar-refractivity contribution in [2.75, 3.05) is 0 Å². The third-order valence-electron chi connectivity index (χ3n) is 2.41. The molecule has 2 nitrogen and oxygen atoms in total. The molecule has 1 aromatic rings. The maximum Gasteiger partial charge on any atom is 0.204 e. The lowest BCUT2D eigenvalue weighted by molar-refractivity contribution is 0.490. The Hall–Kier alpha value is -0.440. The third kappa shape index (κ3) is 2.50. The van der Waals surface area contributed by atoms with Crippen molar-refractivity contribution in [1.82, 2.24) is 4.98 Å². The van der Waals surface area contributed by atoms with E-state index in [2.05, 4.69) is 4.98 Å². The highest BCUT2D eigenvalue weighted by Gasteiger charge is 2.15. The molecule has 3 heteroatoms. The number of aryl methyl sites for hydroxylation is 1. The number of oxazole rings is 1. The molecule has 0 aromatic carbocycles. The minimum atomic E-state index is 0.854. The monoisotopic (exact) mass is 197 g/mol. The Bertz CT molecular complexity index is 266. The van der Waals surface area contributed by atoms with Crippen LogP contribution < -0.4 is 0 Å². The molecule has 1 aliphatic carbocycles. The number of aromatic nitrogens is 1. The van der Waals surface area contributed by atoms with Crippen LogP contribution in [0.4, 0.5) is 0 Å². The first-order valence-corrected chi connectivity index (χ1v) is 5.92. The van der Waals surface area contributed by atoms with E-state index in [1.165, 1.54) is 25.7 Å². The third-order valence-corrected chi connectivity index (χ3v) is 3.77. The summed E-state index contributed by atoms with van der Waals surface area (Å²) in [6.07, 6.45) is 7.36. The van der Waals surface area contributed by atoms with Gasteiger partial charge in [-0.3, -0.25) is 0 Å². The number of hydrogen-bond acceptors (Lipinski definition) is 3. The van der Waals surface area contributed by atoms with Gasteiger partial charge < -0.3 is 4.42 Å². The normalized spacial score (nSPS) is 18.2. The molecule has 0 unspecified atom stereocenters. The smallest absolute Gasteiger partial charge is 0.204 e. The molecule has 0 bridgehead atoms. The molecule has 1 fully saturated rings. The summed E-state index contributed by atoms with van der Waals surface area (Å²) < 4.78 is 5.41. The van der Waals surface area contributed by atoms with E-state index in [1.807, 2.05) is 18.7 Å². The van der Waals surface area contributed by atoms with Gasteiger partial charge in [0.25, 0.3) is 0 Å².